The smallest absolute Gasteiger partial charge is 0.273 e. The number of amides is 1. The monoisotopic (exact) mass is 301 g/mol. The molecule has 0 N–H and O–H groups in total. The zero-order valence-corrected chi connectivity index (χ0v) is 13.0. The molecule has 110 valence electrons. The molecular formula is C16H19N3OS. The van der Waals surface area contributed by atoms with E-state index in [2.05, 4.69) is 9.97 Å². The minimum absolute atomic E-state index is 0.0584. The molecule has 1 saturated heterocycles. The predicted molar refractivity (Wildman–Crippen MR) is 83.3 cm³/mol. The Labute approximate surface area is 128 Å². The highest BCUT2D eigenvalue weighted by atomic mass is 32.1. The highest BCUT2D eigenvalue weighted by molar-refractivity contribution is 7.09. The van der Waals surface area contributed by atoms with Crippen molar-refractivity contribution in [3.63, 3.8) is 0 Å². The van der Waals surface area contributed by atoms with Crippen molar-refractivity contribution in [1.29, 1.82) is 0 Å². The van der Waals surface area contributed by atoms with Crippen molar-refractivity contribution in [3.8, 4) is 0 Å². The van der Waals surface area contributed by atoms with E-state index in [4.69, 9.17) is 0 Å². The van der Waals surface area contributed by atoms with Crippen molar-refractivity contribution in [3.05, 3.63) is 46.2 Å². The van der Waals surface area contributed by atoms with Gasteiger partial charge in [-0.3, -0.25) is 9.78 Å². The summed E-state index contributed by atoms with van der Waals surface area (Å²) in [6.07, 6.45) is 8.02. The maximum atomic E-state index is 12.8. The Morgan fingerprint density at radius 2 is 2.10 bits per heavy atom. The molecule has 0 unspecified atom stereocenters. The third-order valence-corrected chi connectivity index (χ3v) is 4.72. The molecule has 5 heteroatoms. The highest BCUT2D eigenvalue weighted by Crippen LogP contribution is 2.31. The van der Waals surface area contributed by atoms with Crippen molar-refractivity contribution < 1.29 is 4.79 Å². The Hall–Kier alpha value is -1.75. The van der Waals surface area contributed by atoms with Gasteiger partial charge in [0.25, 0.3) is 5.91 Å². The molecule has 21 heavy (non-hydrogen) atoms. The maximum absolute atomic E-state index is 12.8. The molecule has 2 aromatic rings. The van der Waals surface area contributed by atoms with Crippen molar-refractivity contribution in [2.24, 2.45) is 0 Å². The number of pyridine rings is 1. The van der Waals surface area contributed by atoms with E-state index in [9.17, 15) is 4.79 Å². The number of nitrogens with zero attached hydrogens (tertiary/aromatic N) is 3. The molecule has 3 heterocycles. The van der Waals surface area contributed by atoms with Crippen molar-refractivity contribution in [2.45, 2.75) is 38.6 Å². The molecule has 1 amide bonds. The molecule has 2 aromatic heterocycles. The fourth-order valence-electron chi connectivity index (χ4n) is 2.89. The van der Waals surface area contributed by atoms with Crippen LogP contribution in [-0.2, 0) is 0 Å². The number of carbonyl (C=O) groups is 1. The summed E-state index contributed by atoms with van der Waals surface area (Å²) in [6.45, 7) is 2.74. The zero-order chi connectivity index (χ0) is 14.7. The Kier molecular flexibility index (Phi) is 4.29. The summed E-state index contributed by atoms with van der Waals surface area (Å²) in [5.41, 5.74) is 1.76. The third kappa shape index (κ3) is 3.13. The van der Waals surface area contributed by atoms with Gasteiger partial charge in [0.2, 0.25) is 0 Å². The second-order valence-corrected chi connectivity index (χ2v) is 6.46. The van der Waals surface area contributed by atoms with Crippen molar-refractivity contribution >= 4 is 17.2 Å². The van der Waals surface area contributed by atoms with Crippen LogP contribution in [-0.4, -0.2) is 27.3 Å². The minimum Gasteiger partial charge on any atom is -0.330 e. The summed E-state index contributed by atoms with van der Waals surface area (Å²) in [7, 11) is 0. The van der Waals surface area contributed by atoms with Gasteiger partial charge in [-0.1, -0.05) is 12.8 Å². The van der Waals surface area contributed by atoms with E-state index in [1.807, 2.05) is 29.3 Å². The summed E-state index contributed by atoms with van der Waals surface area (Å²) >= 11 is 1.53. The number of aryl methyl sites for hydroxylation is 1. The van der Waals surface area contributed by atoms with Crippen LogP contribution in [0.5, 0.6) is 0 Å². The number of aromatic nitrogens is 2. The van der Waals surface area contributed by atoms with Crippen LogP contribution in [0.2, 0.25) is 0 Å². The van der Waals surface area contributed by atoms with E-state index < -0.39 is 0 Å². The molecule has 3 rings (SSSR count). The summed E-state index contributed by atoms with van der Waals surface area (Å²) in [4.78, 5) is 23.2. The van der Waals surface area contributed by atoms with E-state index in [1.165, 1.54) is 23.3 Å². The van der Waals surface area contributed by atoms with Gasteiger partial charge in [-0.25, -0.2) is 4.98 Å². The molecule has 1 atom stereocenters. The summed E-state index contributed by atoms with van der Waals surface area (Å²) in [5.74, 6) is 0.0584. The summed E-state index contributed by atoms with van der Waals surface area (Å²) < 4.78 is 0. The van der Waals surface area contributed by atoms with Crippen LogP contribution in [0.1, 0.15) is 52.8 Å². The van der Waals surface area contributed by atoms with E-state index >= 15 is 0 Å². The van der Waals surface area contributed by atoms with Gasteiger partial charge in [0.1, 0.15) is 5.69 Å². The van der Waals surface area contributed by atoms with Crippen LogP contribution in [0.4, 0.5) is 0 Å². The second-order valence-electron chi connectivity index (χ2n) is 5.40. The van der Waals surface area contributed by atoms with Gasteiger partial charge in [0.05, 0.1) is 11.0 Å². The van der Waals surface area contributed by atoms with Crippen LogP contribution in [0.3, 0.4) is 0 Å². The quantitative estimate of drug-likeness (QED) is 0.851. The predicted octanol–water partition coefficient (Wildman–Crippen LogP) is 3.60. The molecule has 0 saturated carbocycles. The first kappa shape index (κ1) is 14.2. The number of rotatable bonds is 2. The summed E-state index contributed by atoms with van der Waals surface area (Å²) in [5, 5.41) is 2.81. The van der Waals surface area contributed by atoms with Gasteiger partial charge in [-0.05, 0) is 37.5 Å². The molecule has 0 spiro atoms. The molecule has 0 aromatic carbocycles. The lowest BCUT2D eigenvalue weighted by atomic mass is 10.0. The van der Waals surface area contributed by atoms with E-state index in [0.29, 0.717) is 5.69 Å². The first-order valence-electron chi connectivity index (χ1n) is 7.39. The fourth-order valence-corrected chi connectivity index (χ4v) is 3.48. The first-order chi connectivity index (χ1) is 10.3. The largest absolute Gasteiger partial charge is 0.330 e. The lowest BCUT2D eigenvalue weighted by Gasteiger charge is -2.29. The number of carbonyl (C=O) groups excluding carboxylic acids is 1. The molecule has 4 nitrogen and oxygen atoms in total. The average molecular weight is 301 g/mol. The Morgan fingerprint density at radius 3 is 2.81 bits per heavy atom. The standard InChI is InChI=1S/C16H19N3OS/c1-12-18-14(11-21-12)16(20)19-10-4-2-3-5-15(19)13-6-8-17-9-7-13/h6-9,11,15H,2-5,10H2,1H3/t15-/m1/s1. The molecule has 1 aliphatic rings. The third-order valence-electron chi connectivity index (χ3n) is 3.94. The number of likely N-dealkylation sites (tertiary alicyclic amines) is 1. The van der Waals surface area contributed by atoms with Gasteiger partial charge >= 0.3 is 0 Å². The molecule has 0 aliphatic carbocycles. The zero-order valence-electron chi connectivity index (χ0n) is 12.2. The van der Waals surface area contributed by atoms with Gasteiger partial charge in [-0.2, -0.15) is 0 Å². The Bertz CT molecular complexity index is 611. The van der Waals surface area contributed by atoms with Crippen LogP contribution >= 0.6 is 11.3 Å². The fraction of sp³-hybridized carbons (Fsp3) is 0.438. The van der Waals surface area contributed by atoms with Gasteiger partial charge < -0.3 is 4.90 Å². The van der Waals surface area contributed by atoms with Crippen LogP contribution < -0.4 is 0 Å². The Morgan fingerprint density at radius 1 is 1.29 bits per heavy atom. The van der Waals surface area contributed by atoms with E-state index in [0.717, 1.165) is 30.8 Å². The van der Waals surface area contributed by atoms with Crippen LogP contribution in [0, 0.1) is 6.92 Å². The van der Waals surface area contributed by atoms with Crippen molar-refractivity contribution in [2.75, 3.05) is 6.54 Å². The highest BCUT2D eigenvalue weighted by Gasteiger charge is 2.28. The number of thiazole rings is 1. The lowest BCUT2D eigenvalue weighted by molar-refractivity contribution is 0.0675. The molecule has 0 radical (unpaired) electrons. The van der Waals surface area contributed by atoms with Gasteiger partial charge in [-0.15, -0.1) is 11.3 Å². The molecule has 0 bridgehead atoms. The lowest BCUT2D eigenvalue weighted by Crippen LogP contribution is -2.35. The van der Waals surface area contributed by atoms with Crippen LogP contribution in [0.25, 0.3) is 0 Å². The topological polar surface area (TPSA) is 46.1 Å². The normalized spacial score (nSPS) is 19.3. The average Bonchev–Trinajstić information content (AvgIpc) is 2.81. The minimum atomic E-state index is 0.0584. The molecular weight excluding hydrogens is 282 g/mol. The molecule has 1 aliphatic heterocycles. The first-order valence-corrected chi connectivity index (χ1v) is 8.26. The Balaban J connectivity index is 1.90. The summed E-state index contributed by atoms with van der Waals surface area (Å²) in [6, 6.07) is 4.18. The van der Waals surface area contributed by atoms with Gasteiger partial charge in [0.15, 0.2) is 0 Å². The second kappa shape index (κ2) is 6.35. The van der Waals surface area contributed by atoms with Crippen LogP contribution in [0.15, 0.2) is 29.9 Å². The molecule has 1 fully saturated rings. The van der Waals surface area contributed by atoms with E-state index in [1.54, 1.807) is 12.4 Å². The van der Waals surface area contributed by atoms with Crippen molar-refractivity contribution in [1.82, 2.24) is 14.9 Å². The number of hydrogen-bond acceptors (Lipinski definition) is 4. The maximum Gasteiger partial charge on any atom is 0.273 e. The SMILES string of the molecule is Cc1nc(C(=O)N2CCCCC[C@@H]2c2ccncc2)cs1. The van der Waals surface area contributed by atoms with Gasteiger partial charge in [0, 0.05) is 24.3 Å². The number of hydrogen-bond donors (Lipinski definition) is 0. The van der Waals surface area contributed by atoms with E-state index in [-0.39, 0.29) is 11.9 Å².